The molecule has 33 heavy (non-hydrogen) atoms. The molecule has 0 aromatic heterocycles. The lowest BCUT2D eigenvalue weighted by Gasteiger charge is -2.29. The van der Waals surface area contributed by atoms with Crippen molar-refractivity contribution in [3.63, 3.8) is 0 Å². The van der Waals surface area contributed by atoms with Crippen molar-refractivity contribution in [3.8, 4) is 5.75 Å². The summed E-state index contributed by atoms with van der Waals surface area (Å²) in [6.07, 6.45) is 0.851. The molecule has 176 valence electrons. The number of carbonyl (C=O) groups is 2. The van der Waals surface area contributed by atoms with Gasteiger partial charge in [0.25, 0.3) is 5.91 Å². The number of nitrogens with one attached hydrogen (secondary N) is 1. The number of carbonyl (C=O) groups excluding carboxylic acids is 1. The lowest BCUT2D eigenvalue weighted by molar-refractivity contribution is -0.117. The summed E-state index contributed by atoms with van der Waals surface area (Å²) in [7, 11) is 1.67. The molecule has 2 aromatic rings. The molecule has 9 heteroatoms. The van der Waals surface area contributed by atoms with Crippen molar-refractivity contribution in [2.45, 2.75) is 40.0 Å². The number of ether oxygens (including phenoxy) is 1. The molecular formula is C24H27ClFN3O4. The first-order valence-electron chi connectivity index (χ1n) is 10.4. The Labute approximate surface area is 197 Å². The molecule has 2 atom stereocenters. The van der Waals surface area contributed by atoms with Gasteiger partial charge in [0.1, 0.15) is 11.6 Å². The molecule has 2 aromatic carbocycles. The second kappa shape index (κ2) is 11.5. The number of benzene rings is 2. The van der Waals surface area contributed by atoms with E-state index in [0.29, 0.717) is 11.3 Å². The number of hydrogen-bond acceptors (Lipinski definition) is 5. The van der Waals surface area contributed by atoms with Crippen LogP contribution >= 0.6 is 11.6 Å². The van der Waals surface area contributed by atoms with Gasteiger partial charge in [-0.15, -0.1) is 0 Å². The second-order valence-electron chi connectivity index (χ2n) is 7.08. The number of nitrogens with zero attached hydrogens (tertiary/aromatic N) is 2. The molecule has 0 fully saturated rings. The van der Waals surface area contributed by atoms with Crippen LogP contribution in [0.25, 0.3) is 0 Å². The first-order chi connectivity index (χ1) is 15.6. The summed E-state index contributed by atoms with van der Waals surface area (Å²) in [5.41, 5.74) is 1.73. The third-order valence-electron chi connectivity index (χ3n) is 4.72. The van der Waals surface area contributed by atoms with E-state index in [2.05, 4.69) is 10.4 Å². The molecule has 1 aliphatic heterocycles. The van der Waals surface area contributed by atoms with Crippen LogP contribution in [0.2, 0.25) is 5.02 Å². The van der Waals surface area contributed by atoms with Crippen molar-refractivity contribution in [2.75, 3.05) is 7.05 Å². The highest BCUT2D eigenvalue weighted by Crippen LogP contribution is 2.24. The van der Waals surface area contributed by atoms with Crippen molar-refractivity contribution in [3.05, 3.63) is 76.1 Å². The molecule has 0 saturated heterocycles. The van der Waals surface area contributed by atoms with Crippen LogP contribution in [0.15, 0.2) is 59.2 Å². The second-order valence-corrected chi connectivity index (χ2v) is 7.51. The minimum absolute atomic E-state index is 0.167. The predicted octanol–water partition coefficient (Wildman–Crippen LogP) is 5.03. The number of hydrazone groups is 1. The Morgan fingerprint density at radius 3 is 2.42 bits per heavy atom. The van der Waals surface area contributed by atoms with E-state index in [4.69, 9.17) is 21.4 Å². The molecule has 1 unspecified atom stereocenters. The normalized spacial score (nSPS) is 16.0. The molecular weight excluding hydrogens is 449 g/mol. The van der Waals surface area contributed by atoms with Gasteiger partial charge in [-0.2, -0.15) is 5.10 Å². The molecule has 0 spiro atoms. The number of amides is 1. The van der Waals surface area contributed by atoms with Crippen LogP contribution in [0.3, 0.4) is 0 Å². The third-order valence-corrected chi connectivity index (χ3v) is 4.94. The minimum Gasteiger partial charge on any atom is -0.478 e. The van der Waals surface area contributed by atoms with Gasteiger partial charge in [0, 0.05) is 18.1 Å². The number of rotatable bonds is 6. The minimum atomic E-state index is -1.02. The maximum Gasteiger partial charge on any atom is 0.335 e. The fourth-order valence-electron chi connectivity index (χ4n) is 3.08. The monoisotopic (exact) mass is 475 g/mol. The van der Waals surface area contributed by atoms with Crippen molar-refractivity contribution in [2.24, 2.45) is 5.10 Å². The van der Waals surface area contributed by atoms with Crippen LogP contribution in [-0.4, -0.2) is 41.0 Å². The fraction of sp³-hybridized carbons (Fsp3) is 0.292. The zero-order valence-corrected chi connectivity index (χ0v) is 19.9. The Morgan fingerprint density at radius 1 is 1.21 bits per heavy atom. The first-order valence-corrected chi connectivity index (χ1v) is 10.8. The molecule has 0 radical (unpaired) electrons. The average Bonchev–Trinajstić information content (AvgIpc) is 2.76. The highest BCUT2D eigenvalue weighted by molar-refractivity contribution is 6.30. The van der Waals surface area contributed by atoms with Crippen LogP contribution < -0.4 is 10.1 Å². The van der Waals surface area contributed by atoms with Gasteiger partial charge in [0.15, 0.2) is 0 Å². The molecule has 1 aliphatic rings. The zero-order valence-electron chi connectivity index (χ0n) is 19.1. The van der Waals surface area contributed by atoms with Crippen LogP contribution in [-0.2, 0) is 4.79 Å². The molecule has 7 nitrogen and oxygen atoms in total. The smallest absolute Gasteiger partial charge is 0.335 e. The summed E-state index contributed by atoms with van der Waals surface area (Å²) in [5.74, 6) is -1.71. The van der Waals surface area contributed by atoms with Gasteiger partial charge in [0.05, 0.1) is 22.9 Å². The first kappa shape index (κ1) is 25.9. The number of likely N-dealkylation sites (N-methyl/N-ethyl adjacent to an activating group) is 1. The van der Waals surface area contributed by atoms with Gasteiger partial charge in [-0.05, 0) is 49.8 Å². The summed E-state index contributed by atoms with van der Waals surface area (Å²) in [6, 6.07) is 9.73. The van der Waals surface area contributed by atoms with Crippen molar-refractivity contribution in [1.29, 1.82) is 0 Å². The largest absolute Gasteiger partial charge is 0.478 e. The number of halogens is 2. The van der Waals surface area contributed by atoms with Crippen LogP contribution in [0.1, 0.15) is 49.7 Å². The highest BCUT2D eigenvalue weighted by Gasteiger charge is 2.26. The molecule has 1 heterocycles. The molecule has 0 saturated carbocycles. The Kier molecular flexibility index (Phi) is 8.99. The predicted molar refractivity (Wildman–Crippen MR) is 126 cm³/mol. The Bertz CT molecular complexity index is 1050. The van der Waals surface area contributed by atoms with Crippen LogP contribution in [0.4, 0.5) is 4.39 Å². The quantitative estimate of drug-likeness (QED) is 0.611. The lowest BCUT2D eigenvalue weighted by atomic mass is 10.0. The van der Waals surface area contributed by atoms with E-state index in [9.17, 15) is 14.0 Å². The Morgan fingerprint density at radius 2 is 1.85 bits per heavy atom. The van der Waals surface area contributed by atoms with Crippen LogP contribution in [0.5, 0.6) is 5.75 Å². The van der Waals surface area contributed by atoms with Gasteiger partial charge < -0.3 is 15.2 Å². The van der Waals surface area contributed by atoms with Gasteiger partial charge in [0.2, 0.25) is 6.23 Å². The van der Waals surface area contributed by atoms with E-state index in [1.165, 1.54) is 35.3 Å². The van der Waals surface area contributed by atoms with Crippen molar-refractivity contribution < 1.29 is 23.8 Å². The van der Waals surface area contributed by atoms with Crippen molar-refractivity contribution >= 4 is 29.2 Å². The van der Waals surface area contributed by atoms with Gasteiger partial charge in [-0.1, -0.05) is 37.6 Å². The van der Waals surface area contributed by atoms with E-state index in [1.807, 2.05) is 13.8 Å². The topological polar surface area (TPSA) is 91.2 Å². The molecule has 3 rings (SSSR count). The van der Waals surface area contributed by atoms with Crippen molar-refractivity contribution in [1.82, 2.24) is 10.3 Å². The van der Waals surface area contributed by atoms with Gasteiger partial charge >= 0.3 is 5.97 Å². The maximum absolute atomic E-state index is 13.6. The Balaban J connectivity index is 0.00000187. The number of hydrogen-bond donors (Lipinski definition) is 2. The van der Waals surface area contributed by atoms with E-state index >= 15 is 0 Å². The summed E-state index contributed by atoms with van der Waals surface area (Å²) in [4.78, 5) is 23.9. The highest BCUT2D eigenvalue weighted by atomic mass is 35.5. The number of aromatic carboxylic acids is 1. The van der Waals surface area contributed by atoms with Gasteiger partial charge in [-0.25, -0.2) is 9.18 Å². The number of carboxylic acid groups (broad SMARTS) is 1. The van der Waals surface area contributed by atoms with E-state index in [0.717, 1.165) is 5.56 Å². The molecule has 0 bridgehead atoms. The molecule has 0 aliphatic carbocycles. The summed E-state index contributed by atoms with van der Waals surface area (Å²) >= 11 is 5.88. The molecule has 1 amide bonds. The summed E-state index contributed by atoms with van der Waals surface area (Å²) in [5, 5.41) is 17.9. The lowest BCUT2D eigenvalue weighted by Crippen LogP contribution is -2.39. The molecule has 2 N–H and O–H groups in total. The van der Waals surface area contributed by atoms with E-state index in [-0.39, 0.29) is 28.3 Å². The van der Waals surface area contributed by atoms with E-state index in [1.54, 1.807) is 39.1 Å². The summed E-state index contributed by atoms with van der Waals surface area (Å²) in [6.45, 7) is 7.49. The third kappa shape index (κ3) is 6.79. The standard InChI is InChI=1S/C22H21ClFN3O4.C2H6/c1-12(14-4-6-15(7-5-14)22(29)30)25-21(28)19-11-20(27(3)26-13(19)2)31-18-9-16(23)8-17(24)10-18;1-2/h4-12,20H,1-3H3,(H,25,28)(H,29,30);1-2H3/t12-,20?;/m0./s1. The number of carboxylic acids is 1. The summed E-state index contributed by atoms with van der Waals surface area (Å²) < 4.78 is 19.4. The zero-order chi connectivity index (χ0) is 24.7. The average molecular weight is 476 g/mol. The SMILES string of the molecule is CC.CC1=NN(C)C(Oc2cc(F)cc(Cl)c2)C=C1C(=O)N[C@@H](C)c1ccc(C(=O)O)cc1. The fourth-order valence-corrected chi connectivity index (χ4v) is 3.29. The van der Waals surface area contributed by atoms with Crippen LogP contribution in [0, 0.1) is 5.82 Å². The van der Waals surface area contributed by atoms with E-state index < -0.39 is 18.0 Å². The Hall–Kier alpha value is -3.39. The maximum atomic E-state index is 13.6. The van der Waals surface area contributed by atoms with Gasteiger partial charge in [-0.3, -0.25) is 9.80 Å².